The summed E-state index contributed by atoms with van der Waals surface area (Å²) < 4.78 is 24.6. The molecule has 0 spiro atoms. The van der Waals surface area contributed by atoms with Crippen LogP contribution in [0.15, 0.2) is 0 Å². The third kappa shape index (κ3) is 6.87. The number of carbonyl (C=O) groups is 2. The van der Waals surface area contributed by atoms with E-state index in [0.29, 0.717) is 0 Å². The monoisotopic (exact) mass is 260 g/mol. The molecule has 0 aromatic rings. The topological polar surface area (TPSA) is 102 Å². The molecule has 0 amide bonds. The van der Waals surface area contributed by atoms with E-state index in [-0.39, 0.29) is 32.1 Å². The van der Waals surface area contributed by atoms with Crippen molar-refractivity contribution in [2.24, 2.45) is 0 Å². The Morgan fingerprint density at radius 3 is 2.18 bits per heavy atom. The second-order valence-corrected chi connectivity index (χ2v) is 4.48. The summed E-state index contributed by atoms with van der Waals surface area (Å²) in [4.78, 5) is 33.3. The summed E-state index contributed by atoms with van der Waals surface area (Å²) in [5.41, 5.74) is 0. The van der Waals surface area contributed by atoms with Crippen LogP contribution in [0.3, 0.4) is 0 Å². The van der Waals surface area contributed by atoms with Crippen LogP contribution in [0.4, 0.5) is 0 Å². The van der Waals surface area contributed by atoms with Gasteiger partial charge in [0.15, 0.2) is 7.60 Å². The molecule has 0 radical (unpaired) electrons. The fraction of sp³-hybridized carbons (Fsp3) is 0.750. The van der Waals surface area contributed by atoms with E-state index in [4.69, 9.17) is 0 Å². The second kappa shape index (κ2) is 8.73. The van der Waals surface area contributed by atoms with E-state index in [1.54, 1.807) is 0 Å². The molecule has 94 valence electrons. The predicted molar refractivity (Wildman–Crippen MR) is 51.4 cm³/mol. The largest absolute Gasteiger partial charge is 1.00 e. The van der Waals surface area contributed by atoms with Gasteiger partial charge >= 0.3 is 30.8 Å². The molecule has 0 N–H and O–H groups in total. The maximum atomic E-state index is 11.4. The SMILES string of the molecule is CCOC(=O)C(OC(C)=O)P(=O)([O-])OCC.[Li+]. The molecule has 0 saturated carbocycles. The van der Waals surface area contributed by atoms with Gasteiger partial charge in [0.1, 0.15) is 0 Å². The number of esters is 2. The second-order valence-electron chi connectivity index (χ2n) is 2.67. The molecule has 2 atom stereocenters. The Morgan fingerprint density at radius 2 is 1.82 bits per heavy atom. The van der Waals surface area contributed by atoms with Gasteiger partial charge in [0.25, 0.3) is 5.85 Å². The number of carbonyl (C=O) groups excluding carboxylic acids is 2. The van der Waals surface area contributed by atoms with Crippen molar-refractivity contribution in [2.45, 2.75) is 26.6 Å². The maximum absolute atomic E-state index is 11.4. The van der Waals surface area contributed by atoms with E-state index in [0.717, 1.165) is 6.92 Å². The normalized spacial score (nSPS) is 15.1. The third-order valence-electron chi connectivity index (χ3n) is 1.36. The van der Waals surface area contributed by atoms with Gasteiger partial charge < -0.3 is 23.5 Å². The standard InChI is InChI=1S/C8H15O7P.Li/c1-4-13-7(10)8(15-6(3)9)16(11,12)14-5-2;/h8H,4-5H2,1-3H3,(H,11,12);/q;+1/p-1. The van der Waals surface area contributed by atoms with Gasteiger partial charge in [-0.25, -0.2) is 4.79 Å². The van der Waals surface area contributed by atoms with Crippen molar-refractivity contribution in [1.82, 2.24) is 0 Å². The summed E-state index contributed by atoms with van der Waals surface area (Å²) in [6.07, 6.45) is 0. The molecule has 0 aromatic heterocycles. The summed E-state index contributed by atoms with van der Waals surface area (Å²) in [6.45, 7) is 3.73. The van der Waals surface area contributed by atoms with Crippen molar-refractivity contribution in [3.05, 3.63) is 0 Å². The van der Waals surface area contributed by atoms with Gasteiger partial charge in [0, 0.05) is 6.92 Å². The van der Waals surface area contributed by atoms with Gasteiger partial charge in [-0.15, -0.1) is 0 Å². The molecule has 0 aliphatic heterocycles. The Kier molecular flexibility index (Phi) is 9.78. The minimum absolute atomic E-state index is 0. The summed E-state index contributed by atoms with van der Waals surface area (Å²) in [5, 5.41) is 0. The molecule has 0 aromatic carbocycles. The first-order valence-electron chi connectivity index (χ1n) is 4.64. The first-order valence-corrected chi connectivity index (χ1v) is 6.25. The van der Waals surface area contributed by atoms with Crippen molar-refractivity contribution in [1.29, 1.82) is 0 Å². The van der Waals surface area contributed by atoms with E-state index in [2.05, 4.69) is 14.0 Å². The molecule has 0 heterocycles. The van der Waals surface area contributed by atoms with Crippen LogP contribution in [0.25, 0.3) is 0 Å². The first-order chi connectivity index (χ1) is 7.35. The van der Waals surface area contributed by atoms with Gasteiger partial charge in [-0.05, 0) is 13.8 Å². The van der Waals surface area contributed by atoms with Crippen LogP contribution in [-0.4, -0.2) is 31.0 Å². The minimum Gasteiger partial charge on any atom is -0.775 e. The summed E-state index contributed by atoms with van der Waals surface area (Å²) in [6, 6.07) is 0. The van der Waals surface area contributed by atoms with E-state index < -0.39 is 25.4 Å². The quantitative estimate of drug-likeness (QED) is 0.285. The van der Waals surface area contributed by atoms with Crippen molar-refractivity contribution < 1.29 is 51.9 Å². The molecule has 7 nitrogen and oxygen atoms in total. The van der Waals surface area contributed by atoms with E-state index >= 15 is 0 Å². The third-order valence-corrected chi connectivity index (χ3v) is 2.87. The van der Waals surface area contributed by atoms with Crippen LogP contribution in [0, 0.1) is 0 Å². The zero-order valence-corrected chi connectivity index (χ0v) is 11.2. The molecular weight excluding hydrogens is 246 g/mol. The van der Waals surface area contributed by atoms with Crippen LogP contribution in [0.2, 0.25) is 0 Å². The Labute approximate surface area is 112 Å². The number of hydrogen-bond acceptors (Lipinski definition) is 7. The van der Waals surface area contributed by atoms with Crippen molar-refractivity contribution in [3.63, 3.8) is 0 Å². The van der Waals surface area contributed by atoms with Crippen LogP contribution in [0.1, 0.15) is 20.8 Å². The molecule has 2 unspecified atom stereocenters. The van der Waals surface area contributed by atoms with Crippen molar-refractivity contribution in [3.8, 4) is 0 Å². The number of rotatable bonds is 6. The van der Waals surface area contributed by atoms with Gasteiger partial charge in [-0.3, -0.25) is 4.79 Å². The smallest absolute Gasteiger partial charge is 0.775 e. The molecular formula is C8H14LiO7P. The average Bonchev–Trinajstić information content (AvgIpc) is 2.13. The minimum atomic E-state index is -4.61. The molecule has 0 rings (SSSR count). The molecule has 17 heavy (non-hydrogen) atoms. The summed E-state index contributed by atoms with van der Waals surface area (Å²) in [5.74, 6) is -4.11. The molecule has 9 heteroatoms. The predicted octanol–water partition coefficient (Wildman–Crippen LogP) is -2.97. The van der Waals surface area contributed by atoms with E-state index in [1.807, 2.05) is 0 Å². The average molecular weight is 260 g/mol. The number of ether oxygens (including phenoxy) is 2. The van der Waals surface area contributed by atoms with Crippen molar-refractivity contribution in [2.75, 3.05) is 13.2 Å². The van der Waals surface area contributed by atoms with Crippen LogP contribution in [-0.2, 0) is 28.2 Å². The Balaban J connectivity index is 0. The molecule has 0 saturated heterocycles. The van der Waals surface area contributed by atoms with Crippen LogP contribution < -0.4 is 23.8 Å². The van der Waals surface area contributed by atoms with Gasteiger partial charge in [0.05, 0.1) is 13.2 Å². The van der Waals surface area contributed by atoms with E-state index in [1.165, 1.54) is 13.8 Å². The van der Waals surface area contributed by atoms with Crippen LogP contribution in [0.5, 0.6) is 0 Å². The molecule has 0 bridgehead atoms. The van der Waals surface area contributed by atoms with Crippen LogP contribution >= 0.6 is 7.60 Å². The molecule has 0 aliphatic rings. The summed E-state index contributed by atoms with van der Waals surface area (Å²) >= 11 is 0. The van der Waals surface area contributed by atoms with Gasteiger partial charge in [-0.1, -0.05) is 0 Å². The fourth-order valence-electron chi connectivity index (χ4n) is 0.860. The maximum Gasteiger partial charge on any atom is 1.00 e. The zero-order chi connectivity index (χ0) is 12.8. The molecule has 0 aliphatic carbocycles. The first kappa shape index (κ1) is 19.0. The Morgan fingerprint density at radius 1 is 1.29 bits per heavy atom. The zero-order valence-electron chi connectivity index (χ0n) is 10.3. The van der Waals surface area contributed by atoms with Gasteiger partial charge in [-0.2, -0.15) is 0 Å². The van der Waals surface area contributed by atoms with Crippen molar-refractivity contribution >= 4 is 19.5 Å². The number of hydrogen-bond donors (Lipinski definition) is 0. The Hall–Kier alpha value is -0.313. The van der Waals surface area contributed by atoms with E-state index in [9.17, 15) is 19.0 Å². The molecule has 0 fully saturated rings. The summed E-state index contributed by atoms with van der Waals surface area (Å²) in [7, 11) is -4.61. The Bertz CT molecular complexity index is 306. The fourth-order valence-corrected chi connectivity index (χ4v) is 1.97. The van der Waals surface area contributed by atoms with Gasteiger partial charge in [0.2, 0.25) is 0 Å².